The van der Waals surface area contributed by atoms with Crippen molar-refractivity contribution in [3.05, 3.63) is 51.8 Å². The average Bonchev–Trinajstić information content (AvgIpc) is 3.40. The number of rotatable bonds is 7. The summed E-state index contributed by atoms with van der Waals surface area (Å²) in [4.78, 5) is 4.40. The lowest BCUT2D eigenvalue weighted by atomic mass is 9.96. The molecule has 0 amide bonds. The molecule has 1 fully saturated rings. The van der Waals surface area contributed by atoms with Gasteiger partial charge in [0.25, 0.3) is 0 Å². The van der Waals surface area contributed by atoms with Crippen molar-refractivity contribution >= 4 is 17.6 Å². The van der Waals surface area contributed by atoms with Crippen molar-refractivity contribution in [3.8, 4) is 0 Å². The van der Waals surface area contributed by atoms with Crippen LogP contribution in [-0.2, 0) is 31.8 Å². The van der Waals surface area contributed by atoms with Gasteiger partial charge >= 0.3 is 0 Å². The van der Waals surface area contributed by atoms with E-state index < -0.39 is 0 Å². The van der Waals surface area contributed by atoms with E-state index in [0.717, 1.165) is 42.6 Å². The van der Waals surface area contributed by atoms with E-state index in [1.54, 1.807) is 0 Å². The second kappa shape index (κ2) is 8.34. The van der Waals surface area contributed by atoms with Gasteiger partial charge < -0.3 is 10.6 Å². The van der Waals surface area contributed by atoms with Crippen LogP contribution < -0.4 is 10.6 Å². The van der Waals surface area contributed by atoms with Gasteiger partial charge in [0, 0.05) is 48.9 Å². The zero-order valence-electron chi connectivity index (χ0n) is 16.8. The number of nitrogens with zero attached hydrogens (tertiary/aromatic N) is 3. The number of aromatic nitrogens is 2. The van der Waals surface area contributed by atoms with E-state index in [1.165, 1.54) is 29.7 Å². The highest BCUT2D eigenvalue weighted by Crippen LogP contribution is 2.48. The molecule has 0 spiro atoms. The molecule has 27 heavy (non-hydrogen) atoms. The van der Waals surface area contributed by atoms with Gasteiger partial charge in [-0.25, -0.2) is 0 Å². The number of benzene rings is 1. The Hall–Kier alpha value is -2.01. The Morgan fingerprint density at radius 3 is 2.63 bits per heavy atom. The molecular weight excluding hydrogens is 358 g/mol. The Morgan fingerprint density at radius 2 is 2.04 bits per heavy atom. The number of guanidine groups is 1. The first-order valence-corrected chi connectivity index (χ1v) is 10.1. The maximum atomic E-state index is 6.18. The Kier molecular flexibility index (Phi) is 6.10. The van der Waals surface area contributed by atoms with Gasteiger partial charge in [-0.2, -0.15) is 5.10 Å². The van der Waals surface area contributed by atoms with Crippen LogP contribution in [0.4, 0.5) is 0 Å². The van der Waals surface area contributed by atoms with Gasteiger partial charge in [-0.15, -0.1) is 0 Å². The third kappa shape index (κ3) is 4.29. The fourth-order valence-electron chi connectivity index (χ4n) is 3.78. The minimum atomic E-state index is 0.181. The number of aliphatic imine (C=N–C) groups is 1. The molecular formula is C21H30ClN5. The van der Waals surface area contributed by atoms with E-state index in [1.807, 2.05) is 30.9 Å². The summed E-state index contributed by atoms with van der Waals surface area (Å²) in [6, 6.07) is 8.22. The second-order valence-electron chi connectivity index (χ2n) is 7.27. The molecule has 1 aliphatic rings. The van der Waals surface area contributed by atoms with E-state index >= 15 is 0 Å². The summed E-state index contributed by atoms with van der Waals surface area (Å²) in [5.41, 5.74) is 5.23. The lowest BCUT2D eigenvalue weighted by Crippen LogP contribution is -2.41. The third-order valence-electron chi connectivity index (χ3n) is 5.57. The molecule has 1 aromatic carbocycles. The lowest BCUT2D eigenvalue weighted by Gasteiger charge is -2.19. The molecule has 1 aliphatic carbocycles. The van der Waals surface area contributed by atoms with Crippen molar-refractivity contribution in [3.63, 3.8) is 0 Å². The number of nitrogens with one attached hydrogen (secondary N) is 2. The van der Waals surface area contributed by atoms with Crippen LogP contribution in [0.25, 0.3) is 0 Å². The summed E-state index contributed by atoms with van der Waals surface area (Å²) in [6.07, 6.45) is 4.28. The maximum absolute atomic E-state index is 6.18. The van der Waals surface area contributed by atoms with Gasteiger partial charge in [-0.1, -0.05) is 37.6 Å². The number of hydrogen-bond donors (Lipinski definition) is 2. The Balaban J connectivity index is 1.63. The first-order valence-electron chi connectivity index (χ1n) is 9.77. The summed E-state index contributed by atoms with van der Waals surface area (Å²) in [5, 5.41) is 12.4. The monoisotopic (exact) mass is 387 g/mol. The van der Waals surface area contributed by atoms with Crippen LogP contribution in [0.5, 0.6) is 0 Å². The first-order chi connectivity index (χ1) is 13.0. The van der Waals surface area contributed by atoms with Gasteiger partial charge in [-0.05, 0) is 43.4 Å². The molecule has 0 radical (unpaired) electrons. The molecule has 0 atom stereocenters. The molecule has 5 nitrogen and oxygen atoms in total. The van der Waals surface area contributed by atoms with Crippen LogP contribution in [0, 0.1) is 0 Å². The minimum absolute atomic E-state index is 0.181. The van der Waals surface area contributed by atoms with Gasteiger partial charge in [0.05, 0.1) is 5.69 Å². The molecule has 0 aliphatic heterocycles. The van der Waals surface area contributed by atoms with Crippen molar-refractivity contribution in [1.29, 1.82) is 0 Å². The topological polar surface area (TPSA) is 54.2 Å². The van der Waals surface area contributed by atoms with E-state index in [4.69, 9.17) is 11.6 Å². The van der Waals surface area contributed by atoms with Gasteiger partial charge in [-0.3, -0.25) is 9.67 Å². The van der Waals surface area contributed by atoms with Crippen molar-refractivity contribution in [2.45, 2.75) is 51.5 Å². The third-order valence-corrected chi connectivity index (χ3v) is 5.80. The molecule has 1 heterocycles. The van der Waals surface area contributed by atoms with Crippen LogP contribution >= 0.6 is 11.6 Å². The maximum Gasteiger partial charge on any atom is 0.191 e. The summed E-state index contributed by atoms with van der Waals surface area (Å²) >= 11 is 6.18. The Labute approximate surface area is 167 Å². The first kappa shape index (κ1) is 19.7. The Bertz CT molecular complexity index is 820. The van der Waals surface area contributed by atoms with Crippen molar-refractivity contribution in [1.82, 2.24) is 20.4 Å². The van der Waals surface area contributed by atoms with Crippen LogP contribution in [0.3, 0.4) is 0 Å². The van der Waals surface area contributed by atoms with Crippen molar-refractivity contribution in [2.24, 2.45) is 12.0 Å². The zero-order chi connectivity index (χ0) is 19.4. The van der Waals surface area contributed by atoms with E-state index in [9.17, 15) is 0 Å². The molecule has 0 bridgehead atoms. The summed E-state index contributed by atoms with van der Waals surface area (Å²) < 4.78 is 2.00. The number of halogens is 1. The van der Waals surface area contributed by atoms with Crippen molar-refractivity contribution in [2.75, 3.05) is 13.6 Å². The molecule has 0 saturated heterocycles. The normalized spacial score (nSPS) is 15.7. The fraction of sp³-hybridized carbons (Fsp3) is 0.524. The Morgan fingerprint density at radius 1 is 1.26 bits per heavy atom. The molecule has 3 rings (SSSR count). The SMILES string of the molecule is CCc1nn(C)c(CC)c1CNC(=NC)NCC1(c2cccc(Cl)c2)CC1. The smallest absolute Gasteiger partial charge is 0.191 e. The van der Waals surface area contributed by atoms with Gasteiger partial charge in [0.1, 0.15) is 0 Å². The molecule has 2 N–H and O–H groups in total. The van der Waals surface area contributed by atoms with Crippen LogP contribution in [0.1, 0.15) is 49.2 Å². The standard InChI is InChI=1S/C21H30ClN5/c1-5-18-17(19(6-2)27(4)26-18)13-24-20(23-3)25-14-21(10-11-21)15-8-7-9-16(22)12-15/h7-9,12H,5-6,10-11,13-14H2,1-4H3,(H2,23,24,25). The van der Waals surface area contributed by atoms with E-state index in [0.29, 0.717) is 0 Å². The molecule has 6 heteroatoms. The van der Waals surface area contributed by atoms with Gasteiger partial charge in [0.2, 0.25) is 0 Å². The van der Waals surface area contributed by atoms with Crippen LogP contribution in [0.15, 0.2) is 29.3 Å². The molecule has 1 aromatic heterocycles. The molecule has 146 valence electrons. The zero-order valence-corrected chi connectivity index (χ0v) is 17.5. The van der Waals surface area contributed by atoms with E-state index in [-0.39, 0.29) is 5.41 Å². The summed E-state index contributed by atoms with van der Waals surface area (Å²) in [5.74, 6) is 0.830. The van der Waals surface area contributed by atoms with Crippen molar-refractivity contribution < 1.29 is 0 Å². The van der Waals surface area contributed by atoms with E-state index in [2.05, 4.69) is 46.7 Å². The molecule has 2 aromatic rings. The van der Waals surface area contributed by atoms with Gasteiger partial charge in [0.15, 0.2) is 5.96 Å². The minimum Gasteiger partial charge on any atom is -0.356 e. The van der Waals surface area contributed by atoms with Crippen LogP contribution in [-0.4, -0.2) is 29.3 Å². The molecule has 0 unspecified atom stereocenters. The molecule has 1 saturated carbocycles. The summed E-state index contributed by atoms with van der Waals surface area (Å²) in [7, 11) is 3.84. The largest absolute Gasteiger partial charge is 0.356 e. The predicted octanol–water partition coefficient (Wildman–Crippen LogP) is 3.60. The highest BCUT2D eigenvalue weighted by molar-refractivity contribution is 6.30. The summed E-state index contributed by atoms with van der Waals surface area (Å²) in [6.45, 7) is 5.93. The highest BCUT2D eigenvalue weighted by Gasteiger charge is 2.44. The fourth-order valence-corrected chi connectivity index (χ4v) is 3.97. The highest BCUT2D eigenvalue weighted by atomic mass is 35.5. The predicted molar refractivity (Wildman–Crippen MR) is 113 cm³/mol. The number of aryl methyl sites for hydroxylation is 2. The number of hydrogen-bond acceptors (Lipinski definition) is 2. The average molecular weight is 388 g/mol. The lowest BCUT2D eigenvalue weighted by molar-refractivity contribution is 0.645. The van der Waals surface area contributed by atoms with Crippen LogP contribution in [0.2, 0.25) is 5.02 Å². The quantitative estimate of drug-likeness (QED) is 0.563. The second-order valence-corrected chi connectivity index (χ2v) is 7.71.